The molecule has 4 nitrogen and oxygen atoms in total. The SMILES string of the molecule is CC(C)OCCC(Cc1cccc(OC(F)(F)F)c1)NCC(O)C(F)(F)F. The summed E-state index contributed by atoms with van der Waals surface area (Å²) in [5, 5.41) is 11.7. The van der Waals surface area contributed by atoms with Gasteiger partial charge in [0.2, 0.25) is 0 Å². The van der Waals surface area contributed by atoms with E-state index in [1.165, 1.54) is 12.1 Å². The molecular formula is C17H23F6NO3. The molecule has 0 fully saturated rings. The molecule has 0 bridgehead atoms. The second-order valence-electron chi connectivity index (χ2n) is 6.27. The van der Waals surface area contributed by atoms with Crippen LogP contribution in [0.25, 0.3) is 0 Å². The first kappa shape index (κ1) is 23.5. The maximum atomic E-state index is 12.5. The third-order valence-electron chi connectivity index (χ3n) is 3.51. The number of alkyl halides is 6. The Morgan fingerprint density at radius 3 is 2.33 bits per heavy atom. The summed E-state index contributed by atoms with van der Waals surface area (Å²) in [5.41, 5.74) is 0.445. The van der Waals surface area contributed by atoms with E-state index >= 15 is 0 Å². The molecule has 27 heavy (non-hydrogen) atoms. The van der Waals surface area contributed by atoms with Crippen LogP contribution in [0.1, 0.15) is 25.8 Å². The number of halogens is 6. The Hall–Kier alpha value is -1.52. The number of aliphatic hydroxyl groups excluding tert-OH is 1. The standard InChI is InChI=1S/C17H23F6NO3/c1-11(2)26-7-6-13(24-10-15(25)16(18,19)20)8-12-4-3-5-14(9-12)27-17(21,22)23/h3-5,9,11,13,15,24-25H,6-8,10H2,1-2H3. The fraction of sp³-hybridized carbons (Fsp3) is 0.647. The van der Waals surface area contributed by atoms with E-state index < -0.39 is 37.0 Å². The van der Waals surface area contributed by atoms with Crippen LogP contribution in [-0.2, 0) is 11.2 Å². The van der Waals surface area contributed by atoms with Gasteiger partial charge in [0.05, 0.1) is 6.10 Å². The molecule has 0 aromatic heterocycles. The van der Waals surface area contributed by atoms with Crippen LogP contribution in [0.3, 0.4) is 0 Å². The van der Waals surface area contributed by atoms with Crippen molar-refractivity contribution in [3.05, 3.63) is 29.8 Å². The van der Waals surface area contributed by atoms with Gasteiger partial charge in [0.25, 0.3) is 0 Å². The summed E-state index contributed by atoms with van der Waals surface area (Å²) in [6, 6.07) is 4.67. The second-order valence-corrected chi connectivity index (χ2v) is 6.27. The van der Waals surface area contributed by atoms with Crippen LogP contribution in [0.2, 0.25) is 0 Å². The molecule has 10 heteroatoms. The molecule has 0 aliphatic heterocycles. The highest BCUT2D eigenvalue weighted by Crippen LogP contribution is 2.24. The van der Waals surface area contributed by atoms with Crippen molar-refractivity contribution < 1.29 is 40.9 Å². The predicted molar refractivity (Wildman–Crippen MR) is 86.4 cm³/mol. The molecule has 0 saturated heterocycles. The average molecular weight is 403 g/mol. The van der Waals surface area contributed by atoms with E-state index in [1.54, 1.807) is 19.9 Å². The fourth-order valence-corrected chi connectivity index (χ4v) is 2.27. The third-order valence-corrected chi connectivity index (χ3v) is 3.51. The average Bonchev–Trinajstić information content (AvgIpc) is 2.49. The van der Waals surface area contributed by atoms with Crippen LogP contribution in [0.4, 0.5) is 26.3 Å². The van der Waals surface area contributed by atoms with Gasteiger partial charge in [0.1, 0.15) is 5.75 Å². The maximum Gasteiger partial charge on any atom is 0.573 e. The van der Waals surface area contributed by atoms with Gasteiger partial charge < -0.3 is 19.9 Å². The van der Waals surface area contributed by atoms with Crippen LogP contribution >= 0.6 is 0 Å². The number of aliphatic hydroxyl groups is 1. The molecule has 0 saturated carbocycles. The Morgan fingerprint density at radius 2 is 1.78 bits per heavy atom. The Morgan fingerprint density at radius 1 is 1.11 bits per heavy atom. The summed E-state index contributed by atoms with van der Waals surface area (Å²) in [5.74, 6) is -0.410. The van der Waals surface area contributed by atoms with Crippen LogP contribution in [0.5, 0.6) is 5.75 Å². The van der Waals surface area contributed by atoms with Crippen LogP contribution in [0, 0.1) is 0 Å². The van der Waals surface area contributed by atoms with Crippen molar-refractivity contribution >= 4 is 0 Å². The lowest BCUT2D eigenvalue weighted by Gasteiger charge is -2.23. The Labute approximate surface area is 153 Å². The van der Waals surface area contributed by atoms with Gasteiger partial charge in [-0.15, -0.1) is 13.2 Å². The Kier molecular flexibility index (Phi) is 8.83. The summed E-state index contributed by atoms with van der Waals surface area (Å²) in [6.07, 6.45) is -11.8. The van der Waals surface area contributed by atoms with E-state index in [9.17, 15) is 26.3 Å². The normalized spacial score (nSPS) is 15.0. The van der Waals surface area contributed by atoms with Gasteiger partial charge in [0, 0.05) is 19.2 Å². The molecule has 156 valence electrons. The van der Waals surface area contributed by atoms with Gasteiger partial charge in [-0.3, -0.25) is 0 Å². The number of rotatable bonds is 10. The molecular weight excluding hydrogens is 380 g/mol. The van der Waals surface area contributed by atoms with E-state index in [2.05, 4.69) is 10.1 Å². The van der Waals surface area contributed by atoms with Crippen molar-refractivity contribution in [2.24, 2.45) is 0 Å². The molecule has 2 N–H and O–H groups in total. The largest absolute Gasteiger partial charge is 0.573 e. The minimum atomic E-state index is -4.84. The maximum absolute atomic E-state index is 12.5. The quantitative estimate of drug-likeness (QED) is 0.583. The summed E-state index contributed by atoms with van der Waals surface area (Å²) >= 11 is 0. The van der Waals surface area contributed by atoms with Crippen LogP contribution in [-0.4, -0.2) is 49.0 Å². The molecule has 1 aromatic rings. The molecule has 0 amide bonds. The lowest BCUT2D eigenvalue weighted by molar-refractivity contribution is -0.274. The summed E-state index contributed by atoms with van der Waals surface area (Å²) in [6.45, 7) is 3.12. The van der Waals surface area contributed by atoms with Gasteiger partial charge in [0.15, 0.2) is 6.10 Å². The molecule has 0 radical (unpaired) electrons. The van der Waals surface area contributed by atoms with Crippen molar-refractivity contribution in [3.8, 4) is 5.75 Å². The highest BCUT2D eigenvalue weighted by Gasteiger charge is 2.38. The number of hydrogen-bond donors (Lipinski definition) is 2. The first-order chi connectivity index (χ1) is 12.4. The molecule has 0 heterocycles. The fourth-order valence-electron chi connectivity index (χ4n) is 2.27. The van der Waals surface area contributed by atoms with Crippen LogP contribution in [0.15, 0.2) is 24.3 Å². The predicted octanol–water partition coefficient (Wildman–Crippen LogP) is 3.82. The van der Waals surface area contributed by atoms with Crippen molar-refractivity contribution in [1.82, 2.24) is 5.32 Å². The minimum absolute atomic E-state index is 0.0741. The van der Waals surface area contributed by atoms with E-state index in [0.29, 0.717) is 12.0 Å². The smallest absolute Gasteiger partial charge is 0.406 e. The van der Waals surface area contributed by atoms with E-state index in [0.717, 1.165) is 6.07 Å². The van der Waals surface area contributed by atoms with Crippen molar-refractivity contribution in [2.45, 2.75) is 57.5 Å². The zero-order valence-electron chi connectivity index (χ0n) is 14.9. The summed E-state index contributed by atoms with van der Waals surface area (Å²) in [7, 11) is 0. The van der Waals surface area contributed by atoms with Crippen LogP contribution < -0.4 is 10.1 Å². The zero-order valence-corrected chi connectivity index (χ0v) is 14.9. The third kappa shape index (κ3) is 10.4. The van der Waals surface area contributed by atoms with E-state index in [1.807, 2.05) is 0 Å². The molecule has 0 aliphatic rings. The van der Waals surface area contributed by atoms with Gasteiger partial charge in [-0.2, -0.15) is 13.2 Å². The topological polar surface area (TPSA) is 50.7 Å². The van der Waals surface area contributed by atoms with E-state index in [4.69, 9.17) is 9.84 Å². The van der Waals surface area contributed by atoms with E-state index in [-0.39, 0.29) is 19.1 Å². The Bertz CT molecular complexity index is 562. The number of hydrogen-bond acceptors (Lipinski definition) is 4. The molecule has 2 unspecified atom stereocenters. The minimum Gasteiger partial charge on any atom is -0.406 e. The second kappa shape index (κ2) is 10.1. The first-order valence-electron chi connectivity index (χ1n) is 8.31. The highest BCUT2D eigenvalue weighted by molar-refractivity contribution is 5.29. The molecule has 0 spiro atoms. The molecule has 2 atom stereocenters. The highest BCUT2D eigenvalue weighted by atomic mass is 19.4. The van der Waals surface area contributed by atoms with Gasteiger partial charge >= 0.3 is 12.5 Å². The number of ether oxygens (including phenoxy) is 2. The summed E-state index contributed by atoms with van der Waals surface area (Å²) < 4.78 is 83.5. The zero-order chi connectivity index (χ0) is 20.7. The molecule has 1 rings (SSSR count). The molecule has 1 aromatic carbocycles. The summed E-state index contributed by atoms with van der Waals surface area (Å²) in [4.78, 5) is 0. The molecule has 0 aliphatic carbocycles. The van der Waals surface area contributed by atoms with Gasteiger partial charge in [-0.05, 0) is 44.4 Å². The first-order valence-corrected chi connectivity index (χ1v) is 8.31. The monoisotopic (exact) mass is 403 g/mol. The lowest BCUT2D eigenvalue weighted by Crippen LogP contribution is -2.43. The number of nitrogens with one attached hydrogen (secondary N) is 1. The van der Waals surface area contributed by atoms with Crippen molar-refractivity contribution in [2.75, 3.05) is 13.2 Å². The van der Waals surface area contributed by atoms with Crippen molar-refractivity contribution in [3.63, 3.8) is 0 Å². The van der Waals surface area contributed by atoms with Gasteiger partial charge in [-0.25, -0.2) is 0 Å². The Balaban J connectivity index is 2.75. The lowest BCUT2D eigenvalue weighted by atomic mass is 10.0. The van der Waals surface area contributed by atoms with Crippen molar-refractivity contribution in [1.29, 1.82) is 0 Å². The van der Waals surface area contributed by atoms with Gasteiger partial charge in [-0.1, -0.05) is 12.1 Å². The number of benzene rings is 1.